The molecular weight excluding hydrogens is 321 g/mol. The van der Waals surface area contributed by atoms with E-state index in [2.05, 4.69) is 5.32 Å². The van der Waals surface area contributed by atoms with Crippen LogP contribution in [0.25, 0.3) is 0 Å². The number of aryl methyl sites for hydroxylation is 1. The van der Waals surface area contributed by atoms with Gasteiger partial charge in [0.15, 0.2) is 0 Å². The lowest BCUT2D eigenvalue weighted by atomic mass is 10.1. The van der Waals surface area contributed by atoms with Crippen molar-refractivity contribution in [2.45, 2.75) is 19.4 Å². The van der Waals surface area contributed by atoms with E-state index in [1.807, 2.05) is 30.3 Å². The fraction of sp³-hybridized carbons (Fsp3) is 0.235. The molecule has 0 spiro atoms. The number of carbonyl (C=O) groups excluding carboxylic acids is 1. The third kappa shape index (κ3) is 4.65. The van der Waals surface area contributed by atoms with Gasteiger partial charge in [-0.1, -0.05) is 47.5 Å². The third-order valence-corrected chi connectivity index (χ3v) is 4.03. The number of nitrogens with one attached hydrogen (secondary N) is 1. The minimum Gasteiger partial charge on any atom is -0.496 e. The molecule has 0 aliphatic rings. The maximum atomic E-state index is 11.9. The molecule has 5 heteroatoms. The first-order valence-corrected chi connectivity index (χ1v) is 7.68. The standard InChI is InChI=1S/C17H17Cl2NO2/c1-22-16-5-3-2-4-13(16)11-20-17(21)9-7-12-6-8-14(18)15(19)10-12/h2-6,8,10H,7,9,11H2,1H3,(H,20,21). The number of benzene rings is 2. The summed E-state index contributed by atoms with van der Waals surface area (Å²) in [7, 11) is 1.62. The highest BCUT2D eigenvalue weighted by atomic mass is 35.5. The average Bonchev–Trinajstić information content (AvgIpc) is 2.54. The van der Waals surface area contributed by atoms with Gasteiger partial charge in [0, 0.05) is 18.5 Å². The SMILES string of the molecule is COc1ccccc1CNC(=O)CCc1ccc(Cl)c(Cl)c1. The smallest absolute Gasteiger partial charge is 0.220 e. The molecule has 0 radical (unpaired) electrons. The van der Waals surface area contributed by atoms with Gasteiger partial charge in [0.2, 0.25) is 5.91 Å². The van der Waals surface area contributed by atoms with Gasteiger partial charge in [-0.05, 0) is 30.2 Å². The van der Waals surface area contributed by atoms with Gasteiger partial charge in [-0.15, -0.1) is 0 Å². The van der Waals surface area contributed by atoms with Crippen LogP contribution in [0.1, 0.15) is 17.5 Å². The molecule has 0 saturated carbocycles. The second kappa shape index (κ2) is 8.06. The van der Waals surface area contributed by atoms with Crippen LogP contribution in [-0.4, -0.2) is 13.0 Å². The van der Waals surface area contributed by atoms with Gasteiger partial charge in [0.05, 0.1) is 17.2 Å². The van der Waals surface area contributed by atoms with E-state index in [9.17, 15) is 4.79 Å². The molecule has 0 atom stereocenters. The fourth-order valence-electron chi connectivity index (χ4n) is 2.08. The van der Waals surface area contributed by atoms with Crippen molar-refractivity contribution >= 4 is 29.1 Å². The Balaban J connectivity index is 1.84. The number of para-hydroxylation sites is 1. The first kappa shape index (κ1) is 16.7. The molecule has 2 aromatic carbocycles. The van der Waals surface area contributed by atoms with Crippen LogP contribution in [-0.2, 0) is 17.8 Å². The van der Waals surface area contributed by atoms with E-state index in [1.54, 1.807) is 19.2 Å². The quantitative estimate of drug-likeness (QED) is 0.855. The Kier molecular flexibility index (Phi) is 6.10. The zero-order valence-electron chi connectivity index (χ0n) is 12.2. The molecule has 3 nitrogen and oxygen atoms in total. The van der Waals surface area contributed by atoms with Crippen LogP contribution in [0, 0.1) is 0 Å². The monoisotopic (exact) mass is 337 g/mol. The Morgan fingerprint density at radius 3 is 2.64 bits per heavy atom. The van der Waals surface area contributed by atoms with E-state index < -0.39 is 0 Å². The molecule has 0 heterocycles. The highest BCUT2D eigenvalue weighted by molar-refractivity contribution is 6.42. The Morgan fingerprint density at radius 2 is 1.91 bits per heavy atom. The predicted molar refractivity (Wildman–Crippen MR) is 89.6 cm³/mol. The van der Waals surface area contributed by atoms with Crippen LogP contribution in [0.15, 0.2) is 42.5 Å². The summed E-state index contributed by atoms with van der Waals surface area (Å²) in [5.74, 6) is 0.754. The Labute approximate surface area is 140 Å². The molecule has 116 valence electrons. The Bertz CT molecular complexity index is 659. The summed E-state index contributed by atoms with van der Waals surface area (Å²) < 4.78 is 5.25. The molecule has 0 aromatic heterocycles. The lowest BCUT2D eigenvalue weighted by molar-refractivity contribution is -0.121. The van der Waals surface area contributed by atoms with Crippen LogP contribution in [0.5, 0.6) is 5.75 Å². The van der Waals surface area contributed by atoms with E-state index in [0.717, 1.165) is 16.9 Å². The summed E-state index contributed by atoms with van der Waals surface area (Å²) >= 11 is 11.8. The lowest BCUT2D eigenvalue weighted by Gasteiger charge is -2.09. The van der Waals surface area contributed by atoms with Crippen molar-refractivity contribution in [2.24, 2.45) is 0 Å². The van der Waals surface area contributed by atoms with E-state index in [0.29, 0.717) is 29.4 Å². The zero-order valence-corrected chi connectivity index (χ0v) is 13.7. The number of rotatable bonds is 6. The first-order valence-electron chi connectivity index (χ1n) is 6.92. The van der Waals surface area contributed by atoms with Gasteiger partial charge < -0.3 is 10.1 Å². The molecule has 2 rings (SSSR count). The largest absolute Gasteiger partial charge is 0.496 e. The van der Waals surface area contributed by atoms with E-state index in [1.165, 1.54) is 0 Å². The van der Waals surface area contributed by atoms with Crippen LogP contribution in [0.2, 0.25) is 10.0 Å². The number of methoxy groups -OCH3 is 1. The van der Waals surface area contributed by atoms with Crippen LogP contribution in [0.3, 0.4) is 0 Å². The van der Waals surface area contributed by atoms with Crippen molar-refractivity contribution < 1.29 is 9.53 Å². The van der Waals surface area contributed by atoms with E-state index >= 15 is 0 Å². The molecule has 0 unspecified atom stereocenters. The van der Waals surface area contributed by atoms with Crippen LogP contribution >= 0.6 is 23.2 Å². The number of halogens is 2. The molecule has 0 aliphatic carbocycles. The summed E-state index contributed by atoms with van der Waals surface area (Å²) in [6.07, 6.45) is 1.02. The van der Waals surface area contributed by atoms with Crippen molar-refractivity contribution in [1.82, 2.24) is 5.32 Å². The van der Waals surface area contributed by atoms with Gasteiger partial charge in [-0.25, -0.2) is 0 Å². The number of ether oxygens (including phenoxy) is 1. The number of carbonyl (C=O) groups is 1. The van der Waals surface area contributed by atoms with Crippen molar-refractivity contribution in [3.8, 4) is 5.75 Å². The maximum Gasteiger partial charge on any atom is 0.220 e. The first-order chi connectivity index (χ1) is 10.6. The summed E-state index contributed by atoms with van der Waals surface area (Å²) in [5, 5.41) is 3.92. The van der Waals surface area contributed by atoms with Crippen molar-refractivity contribution in [3.63, 3.8) is 0 Å². The predicted octanol–water partition coefficient (Wildman–Crippen LogP) is 4.25. The van der Waals surface area contributed by atoms with Crippen molar-refractivity contribution in [2.75, 3.05) is 7.11 Å². The highest BCUT2D eigenvalue weighted by Gasteiger charge is 2.06. The lowest BCUT2D eigenvalue weighted by Crippen LogP contribution is -2.23. The molecule has 0 bridgehead atoms. The fourth-order valence-corrected chi connectivity index (χ4v) is 2.40. The maximum absolute atomic E-state index is 11.9. The Hall–Kier alpha value is -1.71. The molecule has 0 fully saturated rings. The number of hydrogen-bond donors (Lipinski definition) is 1. The minimum atomic E-state index is -0.0167. The minimum absolute atomic E-state index is 0.0167. The molecule has 1 amide bonds. The van der Waals surface area contributed by atoms with Gasteiger partial charge in [0.25, 0.3) is 0 Å². The van der Waals surface area contributed by atoms with Crippen LogP contribution in [0.4, 0.5) is 0 Å². The molecule has 2 aromatic rings. The van der Waals surface area contributed by atoms with Gasteiger partial charge in [-0.3, -0.25) is 4.79 Å². The van der Waals surface area contributed by atoms with E-state index in [4.69, 9.17) is 27.9 Å². The molecule has 22 heavy (non-hydrogen) atoms. The van der Waals surface area contributed by atoms with Gasteiger partial charge in [0.1, 0.15) is 5.75 Å². The second-order valence-corrected chi connectivity index (χ2v) is 5.65. The zero-order chi connectivity index (χ0) is 15.9. The second-order valence-electron chi connectivity index (χ2n) is 4.84. The van der Waals surface area contributed by atoms with Gasteiger partial charge >= 0.3 is 0 Å². The Morgan fingerprint density at radius 1 is 1.14 bits per heavy atom. The average molecular weight is 338 g/mol. The molecule has 1 N–H and O–H groups in total. The topological polar surface area (TPSA) is 38.3 Å². The molecular formula is C17H17Cl2NO2. The summed E-state index contributed by atoms with van der Waals surface area (Å²) in [4.78, 5) is 11.9. The number of amides is 1. The molecule has 0 saturated heterocycles. The van der Waals surface area contributed by atoms with Crippen molar-refractivity contribution in [1.29, 1.82) is 0 Å². The number of hydrogen-bond acceptors (Lipinski definition) is 2. The summed E-state index contributed by atoms with van der Waals surface area (Å²) in [5.41, 5.74) is 1.94. The highest BCUT2D eigenvalue weighted by Crippen LogP contribution is 2.23. The van der Waals surface area contributed by atoms with Crippen molar-refractivity contribution in [3.05, 3.63) is 63.6 Å². The van der Waals surface area contributed by atoms with E-state index in [-0.39, 0.29) is 5.91 Å². The third-order valence-electron chi connectivity index (χ3n) is 3.29. The van der Waals surface area contributed by atoms with Gasteiger partial charge in [-0.2, -0.15) is 0 Å². The normalized spacial score (nSPS) is 10.3. The summed E-state index contributed by atoms with van der Waals surface area (Å²) in [6.45, 7) is 0.449. The van der Waals surface area contributed by atoms with Crippen LogP contribution < -0.4 is 10.1 Å². The summed E-state index contributed by atoms with van der Waals surface area (Å²) in [6, 6.07) is 13.0. The molecule has 0 aliphatic heterocycles.